The lowest BCUT2D eigenvalue weighted by Gasteiger charge is -2.31. The Morgan fingerprint density at radius 2 is 1.86 bits per heavy atom. The number of thiazole rings is 1. The van der Waals surface area contributed by atoms with Crippen molar-refractivity contribution in [1.82, 2.24) is 25.0 Å². The SMILES string of the molecule is CC(C)CN(Cc1ccc2nc(NCCN(C)C)sc2c1)CC(O)C(Cc1ccccc1)NC(=O)OC1COCC1N(C)C. The number of amides is 1. The van der Waals surface area contributed by atoms with Crippen LogP contribution in [-0.4, -0.2) is 123 Å². The standard InChI is InChI=1S/C33H50N6O4S/c1-23(2)18-39(19-25-12-13-26-31(17-25)44-32(35-26)34-14-15-37(3)4)20-29(40)27(16-24-10-8-7-9-11-24)36-33(41)43-30-22-42-21-28(30)38(5)6/h7-13,17,23,27-30,40H,14-16,18-22H2,1-6H3,(H,34,35)(H,36,41). The monoisotopic (exact) mass is 626 g/mol. The van der Waals surface area contributed by atoms with Crippen molar-refractivity contribution >= 4 is 32.8 Å². The van der Waals surface area contributed by atoms with Crippen molar-refractivity contribution in [2.45, 2.75) is 51.1 Å². The molecule has 0 radical (unpaired) electrons. The molecule has 1 aliphatic rings. The van der Waals surface area contributed by atoms with Gasteiger partial charge in [0.1, 0.15) is 6.10 Å². The number of fused-ring (bicyclic) bond motifs is 1. The lowest BCUT2D eigenvalue weighted by molar-refractivity contribution is 0.0430. The summed E-state index contributed by atoms with van der Waals surface area (Å²) >= 11 is 1.66. The van der Waals surface area contributed by atoms with Gasteiger partial charge in [0.05, 0.1) is 41.6 Å². The zero-order valence-electron chi connectivity index (χ0n) is 27.0. The third-order valence-corrected chi connectivity index (χ3v) is 8.73. The number of benzene rings is 2. The minimum atomic E-state index is -0.814. The van der Waals surface area contributed by atoms with E-state index in [1.54, 1.807) is 11.3 Å². The lowest BCUT2D eigenvalue weighted by atomic mass is 10.0. The Morgan fingerprint density at radius 3 is 2.57 bits per heavy atom. The number of aromatic nitrogens is 1. The Bertz CT molecular complexity index is 1300. The highest BCUT2D eigenvalue weighted by Gasteiger charge is 2.34. The van der Waals surface area contributed by atoms with Crippen LogP contribution in [0.25, 0.3) is 10.2 Å². The quantitative estimate of drug-likeness (QED) is 0.219. The number of ether oxygens (including phenoxy) is 2. The second kappa shape index (κ2) is 16.5. The topological polar surface area (TPSA) is 102 Å². The maximum atomic E-state index is 13.1. The van der Waals surface area contributed by atoms with Crippen molar-refractivity contribution in [3.63, 3.8) is 0 Å². The van der Waals surface area contributed by atoms with Gasteiger partial charge in [-0.15, -0.1) is 0 Å². The minimum absolute atomic E-state index is 0.000527. The van der Waals surface area contributed by atoms with Crippen LogP contribution in [-0.2, 0) is 22.4 Å². The van der Waals surface area contributed by atoms with E-state index in [1.165, 1.54) is 0 Å². The van der Waals surface area contributed by atoms with Gasteiger partial charge < -0.3 is 35.0 Å². The second-order valence-electron chi connectivity index (χ2n) is 12.7. The van der Waals surface area contributed by atoms with Crippen molar-refractivity contribution in [3.8, 4) is 0 Å². The Hall–Kier alpha value is -2.80. The third kappa shape index (κ3) is 10.4. The van der Waals surface area contributed by atoms with Gasteiger partial charge in [-0.25, -0.2) is 9.78 Å². The van der Waals surface area contributed by atoms with E-state index in [0.29, 0.717) is 38.6 Å². The van der Waals surface area contributed by atoms with E-state index in [-0.39, 0.29) is 12.1 Å². The average molecular weight is 627 g/mol. The molecule has 4 atom stereocenters. The molecule has 1 aromatic heterocycles. The summed E-state index contributed by atoms with van der Waals surface area (Å²) in [7, 11) is 8.02. The first-order valence-electron chi connectivity index (χ1n) is 15.5. The molecule has 1 fully saturated rings. The van der Waals surface area contributed by atoms with E-state index in [2.05, 4.69) is 66.6 Å². The first-order valence-corrected chi connectivity index (χ1v) is 16.3. The number of aliphatic hydroxyl groups excluding tert-OH is 1. The fourth-order valence-corrected chi connectivity index (χ4v) is 6.45. The first-order chi connectivity index (χ1) is 21.1. The number of likely N-dealkylation sites (N-methyl/N-ethyl adjacent to an activating group) is 2. The normalized spacial score (nSPS) is 18.4. The molecule has 11 heteroatoms. The van der Waals surface area contributed by atoms with E-state index in [9.17, 15) is 9.90 Å². The van der Waals surface area contributed by atoms with E-state index in [1.807, 2.05) is 49.3 Å². The summed E-state index contributed by atoms with van der Waals surface area (Å²) in [6.45, 7) is 8.92. The molecule has 10 nitrogen and oxygen atoms in total. The maximum Gasteiger partial charge on any atom is 0.407 e. The number of rotatable bonds is 16. The zero-order valence-corrected chi connectivity index (χ0v) is 27.8. The fraction of sp³-hybridized carbons (Fsp3) is 0.576. The van der Waals surface area contributed by atoms with Gasteiger partial charge in [-0.2, -0.15) is 0 Å². The average Bonchev–Trinajstić information content (AvgIpc) is 3.59. The molecule has 3 aromatic rings. The van der Waals surface area contributed by atoms with Gasteiger partial charge >= 0.3 is 6.09 Å². The van der Waals surface area contributed by atoms with Crippen molar-refractivity contribution in [2.24, 2.45) is 5.92 Å². The molecule has 4 rings (SSSR count). The number of hydrogen-bond donors (Lipinski definition) is 3. The van der Waals surface area contributed by atoms with Gasteiger partial charge in [0.15, 0.2) is 5.13 Å². The molecule has 2 aromatic carbocycles. The summed E-state index contributed by atoms with van der Waals surface area (Å²) in [5.74, 6) is 0.401. The molecule has 4 unspecified atom stereocenters. The van der Waals surface area contributed by atoms with Crippen LogP contribution in [0, 0.1) is 5.92 Å². The summed E-state index contributed by atoms with van der Waals surface area (Å²) < 4.78 is 12.5. The number of nitrogens with zero attached hydrogens (tertiary/aromatic N) is 4. The summed E-state index contributed by atoms with van der Waals surface area (Å²) in [5, 5.41) is 19.0. The minimum Gasteiger partial charge on any atom is -0.442 e. The molecule has 2 heterocycles. The molecule has 242 valence electrons. The predicted octanol–water partition coefficient (Wildman–Crippen LogP) is 3.76. The highest BCUT2D eigenvalue weighted by Crippen LogP contribution is 2.27. The van der Waals surface area contributed by atoms with Crippen molar-refractivity contribution < 1.29 is 19.4 Å². The second-order valence-corrected chi connectivity index (χ2v) is 13.7. The number of hydrogen-bond acceptors (Lipinski definition) is 10. The number of anilines is 1. The van der Waals surface area contributed by atoms with Gasteiger partial charge in [-0.05, 0) is 63.8 Å². The highest BCUT2D eigenvalue weighted by molar-refractivity contribution is 7.22. The Kier molecular flexibility index (Phi) is 12.8. The number of carbonyl (C=O) groups is 1. The van der Waals surface area contributed by atoms with Crippen LogP contribution in [0.1, 0.15) is 25.0 Å². The molecule has 0 spiro atoms. The van der Waals surface area contributed by atoms with Crippen LogP contribution >= 0.6 is 11.3 Å². The predicted molar refractivity (Wildman–Crippen MR) is 178 cm³/mol. The molecular formula is C33H50N6O4S. The Morgan fingerprint density at radius 1 is 1.09 bits per heavy atom. The molecule has 44 heavy (non-hydrogen) atoms. The number of alkyl carbamates (subject to hydrolysis) is 1. The molecule has 3 N–H and O–H groups in total. The summed E-state index contributed by atoms with van der Waals surface area (Å²) in [4.78, 5) is 24.3. The molecule has 1 amide bonds. The van der Waals surface area contributed by atoms with Gasteiger partial charge in [0.2, 0.25) is 0 Å². The Balaban J connectivity index is 1.45. The molecular weight excluding hydrogens is 576 g/mol. The van der Waals surface area contributed by atoms with Crippen LogP contribution in [0.2, 0.25) is 0 Å². The van der Waals surface area contributed by atoms with Crippen molar-refractivity contribution in [2.75, 3.05) is 72.9 Å². The first kappa shape index (κ1) is 34.1. The van der Waals surface area contributed by atoms with Gasteiger partial charge in [0, 0.05) is 32.7 Å². The van der Waals surface area contributed by atoms with E-state index in [4.69, 9.17) is 14.5 Å². The van der Waals surface area contributed by atoms with E-state index >= 15 is 0 Å². The fourth-order valence-electron chi connectivity index (χ4n) is 5.49. The largest absolute Gasteiger partial charge is 0.442 e. The van der Waals surface area contributed by atoms with Crippen LogP contribution in [0.5, 0.6) is 0 Å². The summed E-state index contributed by atoms with van der Waals surface area (Å²) in [5.41, 5.74) is 3.18. The van der Waals surface area contributed by atoms with Gasteiger partial charge in [-0.1, -0.05) is 61.6 Å². The maximum absolute atomic E-state index is 13.1. The van der Waals surface area contributed by atoms with E-state index < -0.39 is 18.2 Å². The number of aliphatic hydroxyl groups is 1. The number of carbonyl (C=O) groups excluding carboxylic acids is 1. The molecule has 1 saturated heterocycles. The van der Waals surface area contributed by atoms with Crippen LogP contribution in [0.15, 0.2) is 48.5 Å². The van der Waals surface area contributed by atoms with Crippen LogP contribution in [0.3, 0.4) is 0 Å². The smallest absolute Gasteiger partial charge is 0.407 e. The molecule has 1 aliphatic heterocycles. The Labute approximate surface area is 266 Å². The highest BCUT2D eigenvalue weighted by atomic mass is 32.1. The third-order valence-electron chi connectivity index (χ3n) is 7.75. The molecule has 0 saturated carbocycles. The van der Waals surface area contributed by atoms with E-state index in [0.717, 1.165) is 46.1 Å². The van der Waals surface area contributed by atoms with Gasteiger partial charge in [-0.3, -0.25) is 4.90 Å². The molecule has 0 bridgehead atoms. The van der Waals surface area contributed by atoms with Crippen molar-refractivity contribution in [1.29, 1.82) is 0 Å². The van der Waals surface area contributed by atoms with Crippen molar-refractivity contribution in [3.05, 3.63) is 59.7 Å². The summed E-state index contributed by atoms with van der Waals surface area (Å²) in [6.07, 6.45) is -1.22. The van der Waals surface area contributed by atoms with Gasteiger partial charge in [0.25, 0.3) is 0 Å². The lowest BCUT2D eigenvalue weighted by Crippen LogP contribution is -2.51. The summed E-state index contributed by atoms with van der Waals surface area (Å²) in [6, 6.07) is 15.8. The zero-order chi connectivity index (χ0) is 31.6. The number of nitrogens with one attached hydrogen (secondary N) is 2. The van der Waals surface area contributed by atoms with Crippen LogP contribution in [0.4, 0.5) is 9.93 Å². The molecule has 0 aliphatic carbocycles. The van der Waals surface area contributed by atoms with Crippen LogP contribution < -0.4 is 10.6 Å².